The van der Waals surface area contributed by atoms with E-state index in [-0.39, 0.29) is 23.6 Å². The summed E-state index contributed by atoms with van der Waals surface area (Å²) in [6.45, 7) is 4.85. The van der Waals surface area contributed by atoms with E-state index in [9.17, 15) is 4.39 Å². The van der Waals surface area contributed by atoms with Crippen LogP contribution in [0, 0.1) is 24.7 Å². The molecule has 5 rings (SSSR count). The number of nitrogens with zero attached hydrogens (tertiary/aromatic N) is 4. The van der Waals surface area contributed by atoms with Crippen LogP contribution in [0.3, 0.4) is 0 Å². The molecule has 2 fully saturated rings. The van der Waals surface area contributed by atoms with Crippen LogP contribution in [0.15, 0.2) is 83.4 Å². The van der Waals surface area contributed by atoms with Gasteiger partial charge in [-0.1, -0.05) is 41.6 Å². The van der Waals surface area contributed by atoms with Gasteiger partial charge in [0.15, 0.2) is 5.84 Å². The Bertz CT molecular complexity index is 1170. The smallest absolute Gasteiger partial charge is 0.218 e. The van der Waals surface area contributed by atoms with Crippen molar-refractivity contribution >= 4 is 12.0 Å². The Balaban J connectivity index is 1.36. The van der Waals surface area contributed by atoms with Gasteiger partial charge in [0.25, 0.3) is 0 Å². The minimum atomic E-state index is -0.550. The average molecular weight is 477 g/mol. The fraction of sp³-hybridized carbons (Fsp3) is 0.429. The molecule has 4 unspecified atom stereocenters. The monoisotopic (exact) mass is 476 g/mol. The number of imidazole rings is 1. The topological polar surface area (TPSA) is 51.9 Å². The van der Waals surface area contributed by atoms with Crippen LogP contribution >= 0.6 is 0 Å². The van der Waals surface area contributed by atoms with Crippen molar-refractivity contribution in [2.24, 2.45) is 22.9 Å². The zero-order chi connectivity index (χ0) is 24.4. The van der Waals surface area contributed by atoms with E-state index in [1.54, 1.807) is 19.5 Å². The van der Waals surface area contributed by atoms with Gasteiger partial charge in [-0.25, -0.2) is 9.37 Å². The summed E-state index contributed by atoms with van der Waals surface area (Å²) < 4.78 is 22.0. The number of aryl methyl sites for hydroxylation is 1. The number of rotatable bonds is 6. The normalized spacial score (nSPS) is 30.6. The van der Waals surface area contributed by atoms with E-state index in [2.05, 4.69) is 39.3 Å². The number of fused-ring (bicyclic) bond motifs is 4. The van der Waals surface area contributed by atoms with Gasteiger partial charge in [0.1, 0.15) is 11.6 Å². The lowest BCUT2D eigenvalue weighted by atomic mass is 9.84. The Kier molecular flexibility index (Phi) is 6.50. The van der Waals surface area contributed by atoms with Gasteiger partial charge < -0.3 is 19.0 Å². The summed E-state index contributed by atoms with van der Waals surface area (Å²) in [7, 11) is 1.67. The highest BCUT2D eigenvalue weighted by atomic mass is 19.1. The summed E-state index contributed by atoms with van der Waals surface area (Å²) in [6.07, 6.45) is 25.1. The molecule has 1 aromatic rings. The quantitative estimate of drug-likeness (QED) is 0.379. The maximum absolute atomic E-state index is 14.5. The lowest BCUT2D eigenvalue weighted by Crippen LogP contribution is -2.55. The third-order valence-corrected chi connectivity index (χ3v) is 7.39. The molecule has 0 amide bonds. The van der Waals surface area contributed by atoms with Crippen LogP contribution in [0.5, 0.6) is 0 Å². The van der Waals surface area contributed by atoms with Gasteiger partial charge in [-0.3, -0.25) is 0 Å². The van der Waals surface area contributed by atoms with Gasteiger partial charge >= 0.3 is 0 Å². The molecule has 4 aliphatic rings. The summed E-state index contributed by atoms with van der Waals surface area (Å²) in [5.74, 6) is 1.70. The fourth-order valence-electron chi connectivity index (χ4n) is 5.74. The SMILES string of the molecule is C\C=C/C(C=CC1CCCN2C1=NOC21CCC2C(F)=CC=CC21)=C\C(=C\n1cnc(C)c1)OC. The maximum atomic E-state index is 14.5. The molecule has 0 bridgehead atoms. The number of methoxy groups -OCH3 is 1. The predicted octanol–water partition coefficient (Wildman–Crippen LogP) is 5.90. The van der Waals surface area contributed by atoms with Crippen LogP contribution in [-0.2, 0) is 9.57 Å². The first-order valence-corrected chi connectivity index (χ1v) is 12.4. The Morgan fingerprint density at radius 2 is 2.20 bits per heavy atom. The molecule has 184 valence electrons. The maximum Gasteiger partial charge on any atom is 0.218 e. The number of hydrogen-bond acceptors (Lipinski definition) is 5. The van der Waals surface area contributed by atoms with E-state index in [0.717, 1.165) is 55.1 Å². The molecule has 1 saturated heterocycles. The van der Waals surface area contributed by atoms with Crippen LogP contribution < -0.4 is 0 Å². The Hall–Kier alpha value is -3.35. The molecular weight excluding hydrogens is 443 g/mol. The third-order valence-electron chi connectivity index (χ3n) is 7.39. The number of aromatic nitrogens is 2. The molecule has 2 aliphatic heterocycles. The molecule has 6 nitrogen and oxygen atoms in total. The number of oxime groups is 1. The standard InChI is InChI=1S/C28H33FN4O2/c1-4-7-21(16-23(34-3)18-32-17-20(2)30-19-32)11-12-22-8-6-15-33-27(22)31-35-28(33)14-13-24-25(28)9-5-10-26(24)29/h4-5,7,9-12,16-19,22,24-25H,6,8,13-15H2,1-3H3/b7-4-,12-11?,21-16+,23-18-. The number of ether oxygens (including phenoxy) is 1. The second-order valence-corrected chi connectivity index (χ2v) is 9.59. The summed E-state index contributed by atoms with van der Waals surface area (Å²) in [5.41, 5.74) is 1.42. The molecule has 35 heavy (non-hydrogen) atoms. The van der Waals surface area contributed by atoms with Crippen molar-refractivity contribution in [3.05, 3.63) is 84.0 Å². The molecule has 0 radical (unpaired) electrons. The highest BCUT2D eigenvalue weighted by Gasteiger charge is 2.59. The van der Waals surface area contributed by atoms with Crippen molar-refractivity contribution in [3.63, 3.8) is 0 Å². The molecule has 4 atom stereocenters. The predicted molar refractivity (Wildman–Crippen MR) is 136 cm³/mol. The number of amidine groups is 1. The van der Waals surface area contributed by atoms with E-state index in [1.807, 2.05) is 49.0 Å². The van der Waals surface area contributed by atoms with Gasteiger partial charge in [-0.05, 0) is 50.8 Å². The zero-order valence-electron chi connectivity index (χ0n) is 20.6. The summed E-state index contributed by atoms with van der Waals surface area (Å²) in [5, 5.41) is 4.58. The van der Waals surface area contributed by atoms with E-state index < -0.39 is 5.72 Å². The van der Waals surface area contributed by atoms with Crippen molar-refractivity contribution in [3.8, 4) is 0 Å². The van der Waals surface area contributed by atoms with E-state index >= 15 is 0 Å². The molecule has 1 spiro atoms. The molecular formula is C28H33FN4O2. The van der Waals surface area contributed by atoms with Gasteiger partial charge in [-0.15, -0.1) is 0 Å². The van der Waals surface area contributed by atoms with Gasteiger partial charge in [0.05, 0.1) is 25.3 Å². The number of halogens is 1. The highest BCUT2D eigenvalue weighted by molar-refractivity contribution is 5.88. The van der Waals surface area contributed by atoms with Crippen LogP contribution in [0.1, 0.15) is 38.3 Å². The lowest BCUT2D eigenvalue weighted by molar-refractivity contribution is -0.120. The van der Waals surface area contributed by atoms with Crippen LogP contribution in [-0.4, -0.2) is 39.7 Å². The molecule has 0 aromatic carbocycles. The largest absolute Gasteiger partial charge is 0.495 e. The summed E-state index contributed by atoms with van der Waals surface area (Å²) >= 11 is 0. The first-order valence-electron chi connectivity index (χ1n) is 12.4. The highest BCUT2D eigenvalue weighted by Crippen LogP contribution is 2.53. The van der Waals surface area contributed by atoms with E-state index in [1.165, 1.54) is 0 Å². The van der Waals surface area contributed by atoms with E-state index in [0.29, 0.717) is 0 Å². The number of hydrogen-bond donors (Lipinski definition) is 0. The summed E-state index contributed by atoms with van der Waals surface area (Å²) in [4.78, 5) is 12.8. The Morgan fingerprint density at radius 3 is 2.97 bits per heavy atom. The Labute approximate surface area is 206 Å². The lowest BCUT2D eigenvalue weighted by Gasteiger charge is -2.42. The van der Waals surface area contributed by atoms with Gasteiger partial charge in [-0.2, -0.15) is 0 Å². The zero-order valence-corrected chi connectivity index (χ0v) is 20.6. The number of allylic oxidation sites excluding steroid dienone is 8. The number of piperidine rings is 1. The van der Waals surface area contributed by atoms with Crippen LogP contribution in [0.4, 0.5) is 4.39 Å². The van der Waals surface area contributed by atoms with E-state index in [4.69, 9.17) is 9.57 Å². The van der Waals surface area contributed by atoms with Crippen LogP contribution in [0.2, 0.25) is 0 Å². The Morgan fingerprint density at radius 1 is 1.31 bits per heavy atom. The van der Waals surface area contributed by atoms with Gasteiger partial charge in [0.2, 0.25) is 5.72 Å². The first kappa shape index (κ1) is 23.4. The second-order valence-electron chi connectivity index (χ2n) is 9.59. The van der Waals surface area contributed by atoms with Crippen molar-refractivity contribution < 1.29 is 14.0 Å². The van der Waals surface area contributed by atoms with Gasteiger partial charge in [0, 0.05) is 36.9 Å². The fourth-order valence-corrected chi connectivity index (χ4v) is 5.74. The minimum Gasteiger partial charge on any atom is -0.495 e. The molecule has 2 aliphatic carbocycles. The molecule has 1 saturated carbocycles. The first-order chi connectivity index (χ1) is 17.0. The molecule has 3 heterocycles. The average Bonchev–Trinajstić information content (AvgIpc) is 3.56. The van der Waals surface area contributed by atoms with Crippen molar-refractivity contribution in [1.29, 1.82) is 0 Å². The minimum absolute atomic E-state index is 0.00354. The van der Waals surface area contributed by atoms with Crippen molar-refractivity contribution in [1.82, 2.24) is 14.5 Å². The molecule has 1 aromatic heterocycles. The van der Waals surface area contributed by atoms with Crippen LogP contribution in [0.25, 0.3) is 6.20 Å². The third kappa shape index (κ3) is 4.40. The molecule has 7 heteroatoms. The van der Waals surface area contributed by atoms with Crippen molar-refractivity contribution in [2.75, 3.05) is 13.7 Å². The summed E-state index contributed by atoms with van der Waals surface area (Å²) in [6, 6.07) is 0. The van der Waals surface area contributed by atoms with Crippen molar-refractivity contribution in [2.45, 2.75) is 45.3 Å². The molecule has 0 N–H and O–H groups in total. The second kappa shape index (κ2) is 9.72.